The number of nitrogens with zero attached hydrogens (tertiary/aromatic N) is 1. The molecule has 0 aromatic heterocycles. The molecule has 0 heterocycles. The Bertz CT molecular complexity index is 861. The third kappa shape index (κ3) is 10.6. The molecule has 7 nitrogen and oxygen atoms in total. The molecule has 2 atom stereocenters. The molecule has 0 aliphatic heterocycles. The number of carbonyl (C=O) groups excluding carboxylic acids is 3. The Balaban J connectivity index is 3.32. The molecule has 0 aliphatic rings. The third-order valence-electron chi connectivity index (χ3n) is 6.07. The van der Waals surface area contributed by atoms with Gasteiger partial charge in [-0.1, -0.05) is 57.2 Å². The van der Waals surface area contributed by atoms with Crippen molar-refractivity contribution in [1.82, 2.24) is 15.5 Å². The molecule has 1 aromatic carbocycles. The molecule has 1 aromatic rings. The van der Waals surface area contributed by atoms with Crippen LogP contribution in [-0.4, -0.2) is 47.0 Å². The zero-order valence-corrected chi connectivity index (χ0v) is 24.0. The Kier molecular flexibility index (Phi) is 13.0. The summed E-state index contributed by atoms with van der Waals surface area (Å²) in [6.45, 7) is 17.4. The van der Waals surface area contributed by atoms with E-state index in [-0.39, 0.29) is 17.9 Å². The number of ether oxygens (including phenoxy) is 1. The number of hydrogen-bond donors (Lipinski definition) is 2. The van der Waals surface area contributed by atoms with Crippen molar-refractivity contribution in [2.45, 2.75) is 125 Å². The van der Waals surface area contributed by atoms with E-state index in [9.17, 15) is 14.4 Å². The van der Waals surface area contributed by atoms with Gasteiger partial charge in [0.05, 0.1) is 0 Å². The summed E-state index contributed by atoms with van der Waals surface area (Å²) in [5.41, 5.74) is 2.16. The molecule has 2 N–H and O–H groups in total. The summed E-state index contributed by atoms with van der Waals surface area (Å²) < 4.78 is 5.35. The van der Waals surface area contributed by atoms with E-state index in [0.29, 0.717) is 6.54 Å². The number of nitrogens with one attached hydrogen (secondary N) is 2. The Morgan fingerprint density at radius 1 is 0.944 bits per heavy atom. The topological polar surface area (TPSA) is 87.7 Å². The summed E-state index contributed by atoms with van der Waals surface area (Å²) in [5.74, 6) is -0.526. The maximum absolute atomic E-state index is 13.8. The molecule has 0 fully saturated rings. The van der Waals surface area contributed by atoms with Gasteiger partial charge < -0.3 is 20.3 Å². The number of carbonyl (C=O) groups is 3. The lowest BCUT2D eigenvalue weighted by Gasteiger charge is -2.35. The smallest absolute Gasteiger partial charge is 0.408 e. The lowest BCUT2D eigenvalue weighted by atomic mass is 9.94. The Morgan fingerprint density at radius 3 is 2.14 bits per heavy atom. The molecular weight excluding hydrogens is 454 g/mol. The summed E-state index contributed by atoms with van der Waals surface area (Å²) in [6.07, 6.45) is 5.72. The van der Waals surface area contributed by atoms with Crippen LogP contribution in [0.1, 0.15) is 110 Å². The second-order valence-electron chi connectivity index (χ2n) is 11.0. The molecule has 2 unspecified atom stereocenters. The average molecular weight is 504 g/mol. The maximum Gasteiger partial charge on any atom is 0.408 e. The van der Waals surface area contributed by atoms with Crippen LogP contribution in [-0.2, 0) is 14.3 Å². The first-order chi connectivity index (χ1) is 16.8. The van der Waals surface area contributed by atoms with E-state index >= 15 is 0 Å². The summed E-state index contributed by atoms with van der Waals surface area (Å²) in [5, 5.41) is 5.67. The molecule has 0 aliphatic carbocycles. The van der Waals surface area contributed by atoms with Gasteiger partial charge in [-0.2, -0.15) is 0 Å². The highest BCUT2D eigenvalue weighted by atomic mass is 16.6. The summed E-state index contributed by atoms with van der Waals surface area (Å²) in [6, 6.07) is 4.12. The molecule has 0 radical (unpaired) electrons. The van der Waals surface area contributed by atoms with E-state index in [2.05, 4.69) is 17.6 Å². The Morgan fingerprint density at radius 2 is 1.56 bits per heavy atom. The lowest BCUT2D eigenvalue weighted by Crippen LogP contribution is -2.52. The molecule has 0 saturated carbocycles. The molecule has 3 amide bonds. The Labute approximate surface area is 218 Å². The molecule has 204 valence electrons. The molecule has 0 bridgehead atoms. The third-order valence-corrected chi connectivity index (χ3v) is 6.07. The standard InChI is InChI=1S/C29H49N3O4/c1-10-11-12-13-14-15-19-32(27(34)23(6)31-28(35)36-29(7,8)9)25(26(33)30-20(2)3)24-18-16-17-21(4)22(24)5/h16-18,20,23,25H,10-15,19H2,1-9H3,(H,30,33)(H,31,35). The second kappa shape index (κ2) is 14.9. The van der Waals surface area contributed by atoms with Crippen LogP contribution in [0.25, 0.3) is 0 Å². The van der Waals surface area contributed by atoms with Gasteiger partial charge in [0.2, 0.25) is 11.8 Å². The average Bonchev–Trinajstić information content (AvgIpc) is 2.75. The van der Waals surface area contributed by atoms with Crippen molar-refractivity contribution < 1.29 is 19.1 Å². The second-order valence-corrected chi connectivity index (χ2v) is 11.0. The molecule has 36 heavy (non-hydrogen) atoms. The number of alkyl carbamates (subject to hydrolysis) is 1. The normalized spacial score (nSPS) is 13.2. The van der Waals surface area contributed by atoms with E-state index in [4.69, 9.17) is 4.74 Å². The van der Waals surface area contributed by atoms with Crippen LogP contribution < -0.4 is 10.6 Å². The maximum atomic E-state index is 13.8. The molecule has 1 rings (SSSR count). The van der Waals surface area contributed by atoms with Crippen LogP contribution in [0.2, 0.25) is 0 Å². The first-order valence-electron chi connectivity index (χ1n) is 13.4. The highest BCUT2D eigenvalue weighted by Gasteiger charge is 2.35. The minimum Gasteiger partial charge on any atom is -0.444 e. The van der Waals surface area contributed by atoms with Gasteiger partial charge in [-0.25, -0.2) is 4.79 Å². The van der Waals surface area contributed by atoms with Gasteiger partial charge in [-0.3, -0.25) is 9.59 Å². The zero-order valence-electron chi connectivity index (χ0n) is 24.0. The SMILES string of the molecule is CCCCCCCCN(C(=O)C(C)NC(=O)OC(C)(C)C)C(C(=O)NC(C)C)c1cccc(C)c1C. The number of rotatable bonds is 13. The van der Waals surface area contributed by atoms with Crippen LogP contribution in [0, 0.1) is 13.8 Å². The van der Waals surface area contributed by atoms with E-state index < -0.39 is 23.8 Å². The predicted molar refractivity (Wildman–Crippen MR) is 146 cm³/mol. The summed E-state index contributed by atoms with van der Waals surface area (Å²) in [4.78, 5) is 41.4. The van der Waals surface area contributed by atoms with Crippen molar-refractivity contribution in [3.05, 3.63) is 34.9 Å². The quantitative estimate of drug-likeness (QED) is 0.325. The van der Waals surface area contributed by atoms with Gasteiger partial charge in [0.15, 0.2) is 0 Å². The Hall–Kier alpha value is -2.57. The molecular formula is C29H49N3O4. The van der Waals surface area contributed by atoms with Crippen molar-refractivity contribution in [3.63, 3.8) is 0 Å². The molecule has 7 heteroatoms. The zero-order chi connectivity index (χ0) is 27.5. The van der Waals surface area contributed by atoms with E-state index in [0.717, 1.165) is 42.4 Å². The van der Waals surface area contributed by atoms with Crippen LogP contribution in [0.4, 0.5) is 4.79 Å². The number of benzene rings is 1. The fourth-order valence-corrected chi connectivity index (χ4v) is 4.11. The fraction of sp³-hybridized carbons (Fsp3) is 0.690. The first kappa shape index (κ1) is 31.5. The highest BCUT2D eigenvalue weighted by molar-refractivity contribution is 5.92. The lowest BCUT2D eigenvalue weighted by molar-refractivity contribution is -0.142. The van der Waals surface area contributed by atoms with Crippen LogP contribution in [0.5, 0.6) is 0 Å². The van der Waals surface area contributed by atoms with Crippen LogP contribution in [0.3, 0.4) is 0 Å². The van der Waals surface area contributed by atoms with Gasteiger partial charge in [0.1, 0.15) is 17.7 Å². The largest absolute Gasteiger partial charge is 0.444 e. The monoisotopic (exact) mass is 503 g/mol. The first-order valence-corrected chi connectivity index (χ1v) is 13.4. The van der Waals surface area contributed by atoms with Gasteiger partial charge in [0.25, 0.3) is 0 Å². The van der Waals surface area contributed by atoms with E-state index in [1.54, 1.807) is 32.6 Å². The van der Waals surface area contributed by atoms with E-state index in [1.165, 1.54) is 12.8 Å². The van der Waals surface area contributed by atoms with Crippen molar-refractivity contribution in [3.8, 4) is 0 Å². The van der Waals surface area contributed by atoms with E-state index in [1.807, 2.05) is 45.9 Å². The van der Waals surface area contributed by atoms with Crippen molar-refractivity contribution in [1.29, 1.82) is 0 Å². The van der Waals surface area contributed by atoms with Gasteiger partial charge in [-0.05, 0) is 78.5 Å². The van der Waals surface area contributed by atoms with Crippen molar-refractivity contribution >= 4 is 17.9 Å². The van der Waals surface area contributed by atoms with Gasteiger partial charge in [-0.15, -0.1) is 0 Å². The van der Waals surface area contributed by atoms with Crippen molar-refractivity contribution in [2.75, 3.05) is 6.54 Å². The minimum atomic E-state index is -0.848. The minimum absolute atomic E-state index is 0.0755. The molecule has 0 saturated heterocycles. The number of aryl methyl sites for hydroxylation is 1. The molecule has 0 spiro atoms. The van der Waals surface area contributed by atoms with Gasteiger partial charge >= 0.3 is 6.09 Å². The highest BCUT2D eigenvalue weighted by Crippen LogP contribution is 2.28. The fourth-order valence-electron chi connectivity index (χ4n) is 4.11. The summed E-state index contributed by atoms with van der Waals surface area (Å²) in [7, 11) is 0. The summed E-state index contributed by atoms with van der Waals surface area (Å²) >= 11 is 0. The predicted octanol–water partition coefficient (Wildman–Crippen LogP) is 5.97. The van der Waals surface area contributed by atoms with Crippen molar-refractivity contribution in [2.24, 2.45) is 0 Å². The van der Waals surface area contributed by atoms with Gasteiger partial charge in [0, 0.05) is 12.6 Å². The number of amides is 3. The van der Waals surface area contributed by atoms with Crippen LogP contribution >= 0.6 is 0 Å². The number of hydrogen-bond acceptors (Lipinski definition) is 4. The number of unbranched alkanes of at least 4 members (excludes halogenated alkanes) is 5. The van der Waals surface area contributed by atoms with Crippen LogP contribution in [0.15, 0.2) is 18.2 Å².